The molecule has 0 aliphatic carbocycles. The molecule has 0 saturated heterocycles. The van der Waals surface area contributed by atoms with Gasteiger partial charge in [-0.3, -0.25) is 0 Å². The molecule has 9 nitrogen and oxygen atoms in total. The SMILES string of the molecule is C#C.CC.CC(C)(C)OC(=O)NCCCOc1cc(N)cc(OCCCNC(=O)OC(C)(C)C)c1. The van der Waals surface area contributed by atoms with Crippen molar-refractivity contribution in [3.8, 4) is 24.3 Å². The van der Waals surface area contributed by atoms with E-state index in [-0.39, 0.29) is 0 Å². The highest BCUT2D eigenvalue weighted by molar-refractivity contribution is 5.67. The second kappa shape index (κ2) is 18.1. The molecular formula is C26H45N3O6. The van der Waals surface area contributed by atoms with Crippen LogP contribution in [0.4, 0.5) is 15.3 Å². The van der Waals surface area contributed by atoms with Crippen molar-refractivity contribution in [1.29, 1.82) is 0 Å². The third kappa shape index (κ3) is 21.0. The maximum absolute atomic E-state index is 11.6. The number of terminal acetylenes is 1. The van der Waals surface area contributed by atoms with Gasteiger partial charge in [-0.25, -0.2) is 9.59 Å². The topological polar surface area (TPSA) is 121 Å². The number of rotatable bonds is 10. The first-order chi connectivity index (χ1) is 16.3. The fourth-order valence-electron chi connectivity index (χ4n) is 2.29. The Balaban J connectivity index is 0. The zero-order chi connectivity index (χ0) is 27.5. The molecule has 200 valence electrons. The van der Waals surface area contributed by atoms with Crippen LogP contribution in [0, 0.1) is 12.8 Å². The predicted molar refractivity (Wildman–Crippen MR) is 141 cm³/mol. The summed E-state index contributed by atoms with van der Waals surface area (Å²) >= 11 is 0. The van der Waals surface area contributed by atoms with E-state index >= 15 is 0 Å². The standard InChI is InChI=1S/C22H37N3O6.C2H6.C2H2/c1-21(2,3)30-19(26)24-9-7-11-28-17-13-16(23)14-18(15-17)29-12-8-10-25-20(27)31-22(4,5)6;2*1-2/h13-15H,7-12,23H2,1-6H3,(H,24,26)(H,25,27);1-2H3;1-2H. The fraction of sp³-hybridized carbons (Fsp3) is 0.615. The molecule has 0 bridgehead atoms. The normalized spacial score (nSPS) is 10.3. The first-order valence-corrected chi connectivity index (χ1v) is 11.8. The summed E-state index contributed by atoms with van der Waals surface area (Å²) in [5.74, 6) is 1.17. The third-order valence-electron chi connectivity index (χ3n) is 3.42. The van der Waals surface area contributed by atoms with E-state index in [4.69, 9.17) is 24.7 Å². The summed E-state index contributed by atoms with van der Waals surface area (Å²) in [4.78, 5) is 23.2. The van der Waals surface area contributed by atoms with E-state index in [0.29, 0.717) is 56.3 Å². The lowest BCUT2D eigenvalue weighted by Gasteiger charge is -2.19. The van der Waals surface area contributed by atoms with Gasteiger partial charge in [-0.05, 0) is 54.4 Å². The Kier molecular flexibility index (Phi) is 17.5. The molecule has 0 spiro atoms. The summed E-state index contributed by atoms with van der Waals surface area (Å²) in [6, 6.07) is 5.16. The summed E-state index contributed by atoms with van der Waals surface area (Å²) in [5, 5.41) is 5.36. The summed E-state index contributed by atoms with van der Waals surface area (Å²) in [5.41, 5.74) is 5.38. The van der Waals surface area contributed by atoms with Crippen LogP contribution < -0.4 is 25.8 Å². The summed E-state index contributed by atoms with van der Waals surface area (Å²) in [7, 11) is 0. The lowest BCUT2D eigenvalue weighted by Crippen LogP contribution is -2.33. The van der Waals surface area contributed by atoms with Gasteiger partial charge < -0.3 is 35.3 Å². The molecule has 0 radical (unpaired) electrons. The van der Waals surface area contributed by atoms with Crippen molar-refractivity contribution >= 4 is 17.9 Å². The summed E-state index contributed by atoms with van der Waals surface area (Å²) in [6.45, 7) is 16.5. The first-order valence-electron chi connectivity index (χ1n) is 11.8. The number of nitrogens with two attached hydrogens (primary N) is 1. The Labute approximate surface area is 211 Å². The molecule has 0 aliphatic rings. The minimum Gasteiger partial charge on any atom is -0.493 e. The van der Waals surface area contributed by atoms with Crippen molar-refractivity contribution in [2.24, 2.45) is 0 Å². The number of ether oxygens (including phenoxy) is 4. The molecule has 35 heavy (non-hydrogen) atoms. The van der Waals surface area contributed by atoms with Gasteiger partial charge in [-0.15, -0.1) is 12.8 Å². The molecule has 0 saturated carbocycles. The Hall–Kier alpha value is -3.28. The van der Waals surface area contributed by atoms with Gasteiger partial charge in [-0.2, -0.15) is 0 Å². The quantitative estimate of drug-likeness (QED) is 0.234. The van der Waals surface area contributed by atoms with Crippen LogP contribution in [0.15, 0.2) is 18.2 Å². The lowest BCUT2D eigenvalue weighted by atomic mass is 10.2. The van der Waals surface area contributed by atoms with Crippen LogP contribution >= 0.6 is 0 Å². The highest BCUT2D eigenvalue weighted by atomic mass is 16.6. The van der Waals surface area contributed by atoms with Crippen LogP contribution in [0.5, 0.6) is 11.5 Å². The van der Waals surface area contributed by atoms with Crippen LogP contribution in [-0.2, 0) is 9.47 Å². The van der Waals surface area contributed by atoms with Gasteiger partial charge in [0.05, 0.1) is 13.2 Å². The molecule has 1 rings (SSSR count). The number of nitrogen functional groups attached to an aromatic ring is 1. The van der Waals surface area contributed by atoms with Crippen molar-refractivity contribution < 1.29 is 28.5 Å². The molecule has 4 N–H and O–H groups in total. The molecule has 0 atom stereocenters. The van der Waals surface area contributed by atoms with Gasteiger partial charge in [0.1, 0.15) is 22.7 Å². The van der Waals surface area contributed by atoms with Gasteiger partial charge in [0.2, 0.25) is 0 Å². The number of alkyl carbamates (subject to hydrolysis) is 2. The van der Waals surface area contributed by atoms with E-state index in [9.17, 15) is 9.59 Å². The van der Waals surface area contributed by atoms with E-state index < -0.39 is 23.4 Å². The van der Waals surface area contributed by atoms with Gasteiger partial charge in [0.15, 0.2) is 0 Å². The number of carbonyl (C=O) groups is 2. The Morgan fingerprint density at radius 1 is 0.771 bits per heavy atom. The third-order valence-corrected chi connectivity index (χ3v) is 3.42. The minimum absolute atomic E-state index is 0.401. The zero-order valence-corrected chi connectivity index (χ0v) is 22.7. The van der Waals surface area contributed by atoms with E-state index in [1.165, 1.54) is 0 Å². The Morgan fingerprint density at radius 2 is 1.11 bits per heavy atom. The molecule has 0 aromatic heterocycles. The van der Waals surface area contributed by atoms with Gasteiger partial charge in [-0.1, -0.05) is 13.8 Å². The van der Waals surface area contributed by atoms with Crippen LogP contribution in [-0.4, -0.2) is 49.7 Å². The Bertz CT molecular complexity index is 695. The molecule has 1 aromatic rings. The monoisotopic (exact) mass is 495 g/mol. The molecule has 2 amide bonds. The smallest absolute Gasteiger partial charge is 0.407 e. The van der Waals surface area contributed by atoms with Crippen molar-refractivity contribution in [1.82, 2.24) is 10.6 Å². The largest absolute Gasteiger partial charge is 0.493 e. The predicted octanol–water partition coefficient (Wildman–Crippen LogP) is 5.13. The average Bonchev–Trinajstić information content (AvgIpc) is 2.73. The zero-order valence-electron chi connectivity index (χ0n) is 22.7. The van der Waals surface area contributed by atoms with E-state index in [0.717, 1.165) is 0 Å². The maximum atomic E-state index is 11.6. The van der Waals surface area contributed by atoms with Crippen molar-refractivity contribution in [3.05, 3.63) is 18.2 Å². The van der Waals surface area contributed by atoms with E-state index in [1.807, 2.05) is 55.4 Å². The number of anilines is 1. The molecular weight excluding hydrogens is 450 g/mol. The number of benzene rings is 1. The average molecular weight is 496 g/mol. The highest BCUT2D eigenvalue weighted by Gasteiger charge is 2.16. The van der Waals surface area contributed by atoms with Crippen LogP contribution in [0.3, 0.4) is 0 Å². The maximum Gasteiger partial charge on any atom is 0.407 e. The van der Waals surface area contributed by atoms with Gasteiger partial charge in [0.25, 0.3) is 0 Å². The fourth-order valence-corrected chi connectivity index (χ4v) is 2.29. The van der Waals surface area contributed by atoms with E-state index in [1.54, 1.807) is 18.2 Å². The number of hydrogen-bond acceptors (Lipinski definition) is 7. The second-order valence-electron chi connectivity index (χ2n) is 9.00. The van der Waals surface area contributed by atoms with Crippen LogP contribution in [0.25, 0.3) is 0 Å². The van der Waals surface area contributed by atoms with Crippen LogP contribution in [0.1, 0.15) is 68.2 Å². The van der Waals surface area contributed by atoms with Gasteiger partial charge >= 0.3 is 12.2 Å². The molecule has 0 fully saturated rings. The minimum atomic E-state index is -0.523. The molecule has 0 unspecified atom stereocenters. The molecule has 1 aromatic carbocycles. The first kappa shape index (κ1) is 33.9. The molecule has 0 aliphatic heterocycles. The van der Waals surface area contributed by atoms with Gasteiger partial charge in [0, 0.05) is 37.0 Å². The Morgan fingerprint density at radius 3 is 1.43 bits per heavy atom. The highest BCUT2D eigenvalue weighted by Crippen LogP contribution is 2.24. The van der Waals surface area contributed by atoms with Crippen molar-refractivity contribution in [2.45, 2.75) is 79.4 Å². The molecule has 0 heterocycles. The van der Waals surface area contributed by atoms with Crippen molar-refractivity contribution in [3.63, 3.8) is 0 Å². The molecule has 9 heteroatoms. The number of hydrogen-bond donors (Lipinski definition) is 3. The van der Waals surface area contributed by atoms with Crippen LogP contribution in [0.2, 0.25) is 0 Å². The lowest BCUT2D eigenvalue weighted by molar-refractivity contribution is 0.0514. The number of carbonyl (C=O) groups excluding carboxylic acids is 2. The van der Waals surface area contributed by atoms with E-state index in [2.05, 4.69) is 23.5 Å². The van der Waals surface area contributed by atoms with Crippen molar-refractivity contribution in [2.75, 3.05) is 32.0 Å². The number of nitrogens with one attached hydrogen (secondary N) is 2. The number of amides is 2. The summed E-state index contributed by atoms with van der Waals surface area (Å²) in [6.07, 6.45) is 8.32. The summed E-state index contributed by atoms with van der Waals surface area (Å²) < 4.78 is 21.7. The second-order valence-corrected chi connectivity index (χ2v) is 9.00.